The molecular weight excluding hydrogens is 319 g/mol. The van der Waals surface area contributed by atoms with E-state index in [0.29, 0.717) is 19.5 Å². The second kappa shape index (κ2) is 6.75. The Morgan fingerprint density at radius 2 is 1.67 bits per heavy atom. The van der Waals surface area contributed by atoms with E-state index < -0.39 is 17.8 Å². The lowest BCUT2D eigenvalue weighted by atomic mass is 9.88. The van der Waals surface area contributed by atoms with Crippen LogP contribution in [0.25, 0.3) is 0 Å². The van der Waals surface area contributed by atoms with E-state index >= 15 is 0 Å². The maximum Gasteiger partial charge on any atom is 0.416 e. The van der Waals surface area contributed by atoms with Gasteiger partial charge in [-0.2, -0.15) is 13.2 Å². The van der Waals surface area contributed by atoms with Gasteiger partial charge >= 0.3 is 6.18 Å². The van der Waals surface area contributed by atoms with Gasteiger partial charge in [-0.3, -0.25) is 4.79 Å². The SMILES string of the molecule is O=C(C1CCCC1O)N1CCC(c2ccc(C(F)(F)F)cc2)CC1. The van der Waals surface area contributed by atoms with E-state index in [1.165, 1.54) is 0 Å². The van der Waals surface area contributed by atoms with Crippen LogP contribution in [0.1, 0.15) is 49.1 Å². The second-order valence-corrected chi connectivity index (χ2v) is 6.82. The number of halogens is 3. The summed E-state index contributed by atoms with van der Waals surface area (Å²) in [5.74, 6) is -0.0525. The number of likely N-dealkylation sites (tertiary alicyclic amines) is 1. The minimum Gasteiger partial charge on any atom is -0.392 e. The highest BCUT2D eigenvalue weighted by Crippen LogP contribution is 2.34. The number of carbonyl (C=O) groups excluding carboxylic acids is 1. The van der Waals surface area contributed by atoms with Gasteiger partial charge in [0.05, 0.1) is 17.6 Å². The van der Waals surface area contributed by atoms with Crippen LogP contribution < -0.4 is 0 Å². The van der Waals surface area contributed by atoms with Crippen LogP contribution in [0.5, 0.6) is 0 Å². The number of hydrogen-bond donors (Lipinski definition) is 1. The predicted molar refractivity (Wildman–Crippen MR) is 83.3 cm³/mol. The Morgan fingerprint density at radius 1 is 1.04 bits per heavy atom. The van der Waals surface area contributed by atoms with Crippen LogP contribution in [0.15, 0.2) is 24.3 Å². The number of benzene rings is 1. The van der Waals surface area contributed by atoms with E-state index in [0.717, 1.165) is 43.4 Å². The highest BCUT2D eigenvalue weighted by Gasteiger charge is 2.36. The summed E-state index contributed by atoms with van der Waals surface area (Å²) in [5, 5.41) is 9.87. The molecule has 0 aromatic heterocycles. The smallest absolute Gasteiger partial charge is 0.392 e. The van der Waals surface area contributed by atoms with Gasteiger partial charge in [0.2, 0.25) is 5.91 Å². The average molecular weight is 341 g/mol. The summed E-state index contributed by atoms with van der Waals surface area (Å²) in [6.45, 7) is 1.21. The number of aliphatic hydroxyl groups is 1. The molecule has 2 unspecified atom stereocenters. The van der Waals surface area contributed by atoms with Crippen molar-refractivity contribution < 1.29 is 23.1 Å². The number of piperidine rings is 1. The Bertz CT molecular complexity index is 577. The molecule has 0 bridgehead atoms. The Morgan fingerprint density at radius 3 is 2.17 bits per heavy atom. The number of alkyl halides is 3. The molecule has 1 N–H and O–H groups in total. The lowest BCUT2D eigenvalue weighted by molar-refractivity contribution is -0.139. The molecule has 1 aliphatic carbocycles. The summed E-state index contributed by atoms with van der Waals surface area (Å²) < 4.78 is 37.9. The minimum atomic E-state index is -4.31. The second-order valence-electron chi connectivity index (χ2n) is 6.82. The van der Waals surface area contributed by atoms with Crippen molar-refractivity contribution in [1.82, 2.24) is 4.90 Å². The standard InChI is InChI=1S/C18H22F3NO2/c19-18(20,21)14-6-4-12(5-7-14)13-8-10-22(11-9-13)17(24)15-2-1-3-16(15)23/h4-7,13,15-16,23H,1-3,8-11H2. The van der Waals surface area contributed by atoms with E-state index in [9.17, 15) is 23.1 Å². The fourth-order valence-electron chi connectivity index (χ4n) is 3.84. The van der Waals surface area contributed by atoms with Crippen LogP contribution >= 0.6 is 0 Å². The van der Waals surface area contributed by atoms with Crippen molar-refractivity contribution >= 4 is 5.91 Å². The van der Waals surface area contributed by atoms with Gasteiger partial charge in [-0.1, -0.05) is 12.1 Å². The molecule has 1 aromatic rings. The molecular formula is C18H22F3NO2. The zero-order valence-electron chi connectivity index (χ0n) is 13.4. The molecule has 2 fully saturated rings. The Balaban J connectivity index is 1.58. The van der Waals surface area contributed by atoms with E-state index in [1.807, 2.05) is 0 Å². The summed E-state index contributed by atoms with van der Waals surface area (Å²) >= 11 is 0. The van der Waals surface area contributed by atoms with Gasteiger partial charge < -0.3 is 10.0 Å². The first-order valence-electron chi connectivity index (χ1n) is 8.50. The molecule has 132 valence electrons. The number of nitrogens with zero attached hydrogens (tertiary/aromatic N) is 1. The van der Waals surface area contributed by atoms with Crippen LogP contribution in [0.3, 0.4) is 0 Å². The summed E-state index contributed by atoms with van der Waals surface area (Å²) in [6, 6.07) is 5.35. The van der Waals surface area contributed by atoms with Gasteiger partial charge in [-0.25, -0.2) is 0 Å². The third-order valence-electron chi connectivity index (χ3n) is 5.31. The number of hydrogen-bond acceptors (Lipinski definition) is 2. The summed E-state index contributed by atoms with van der Waals surface area (Å²) in [7, 11) is 0. The molecule has 0 radical (unpaired) electrons. The maximum absolute atomic E-state index is 12.6. The van der Waals surface area contributed by atoms with Crippen molar-refractivity contribution in [1.29, 1.82) is 0 Å². The van der Waals surface area contributed by atoms with E-state index in [-0.39, 0.29) is 17.7 Å². The molecule has 1 amide bonds. The molecule has 3 nitrogen and oxygen atoms in total. The number of amides is 1. The van der Waals surface area contributed by atoms with Crippen LogP contribution in [-0.4, -0.2) is 35.1 Å². The van der Waals surface area contributed by atoms with Crippen molar-refractivity contribution in [3.05, 3.63) is 35.4 Å². The first-order valence-corrected chi connectivity index (χ1v) is 8.50. The average Bonchev–Trinajstić information content (AvgIpc) is 3.00. The third-order valence-corrected chi connectivity index (χ3v) is 5.31. The molecule has 1 saturated carbocycles. The fraction of sp³-hybridized carbons (Fsp3) is 0.611. The predicted octanol–water partition coefficient (Wildman–Crippen LogP) is 3.57. The number of rotatable bonds is 2. The fourth-order valence-corrected chi connectivity index (χ4v) is 3.84. The van der Waals surface area contributed by atoms with Gasteiger partial charge in [0.25, 0.3) is 0 Å². The van der Waals surface area contributed by atoms with Crippen molar-refractivity contribution in [2.75, 3.05) is 13.1 Å². The highest BCUT2D eigenvalue weighted by atomic mass is 19.4. The molecule has 2 atom stereocenters. The summed E-state index contributed by atoms with van der Waals surface area (Å²) in [4.78, 5) is 14.3. The van der Waals surface area contributed by atoms with Crippen molar-refractivity contribution in [2.24, 2.45) is 5.92 Å². The zero-order valence-corrected chi connectivity index (χ0v) is 13.4. The first kappa shape index (κ1) is 17.3. The van der Waals surface area contributed by atoms with Crippen LogP contribution in [-0.2, 0) is 11.0 Å². The molecule has 1 aromatic carbocycles. The van der Waals surface area contributed by atoms with Gasteiger partial charge in [0.1, 0.15) is 0 Å². The lowest BCUT2D eigenvalue weighted by Gasteiger charge is -2.34. The molecule has 1 aliphatic heterocycles. The summed E-state index contributed by atoms with van der Waals surface area (Å²) in [6.07, 6.45) is -1.00. The highest BCUT2D eigenvalue weighted by molar-refractivity contribution is 5.79. The molecule has 0 spiro atoms. The monoisotopic (exact) mass is 341 g/mol. The quantitative estimate of drug-likeness (QED) is 0.893. The van der Waals surface area contributed by atoms with E-state index in [4.69, 9.17) is 0 Å². The van der Waals surface area contributed by atoms with Crippen LogP contribution in [0, 0.1) is 5.92 Å². The Kier molecular flexibility index (Phi) is 4.85. The topological polar surface area (TPSA) is 40.5 Å². The van der Waals surface area contributed by atoms with Gasteiger partial charge in [0.15, 0.2) is 0 Å². The van der Waals surface area contributed by atoms with Crippen molar-refractivity contribution in [3.63, 3.8) is 0 Å². The molecule has 6 heteroatoms. The largest absolute Gasteiger partial charge is 0.416 e. The maximum atomic E-state index is 12.6. The molecule has 24 heavy (non-hydrogen) atoms. The van der Waals surface area contributed by atoms with Gasteiger partial charge in [-0.05, 0) is 55.7 Å². The van der Waals surface area contributed by atoms with Crippen LogP contribution in [0.2, 0.25) is 0 Å². The van der Waals surface area contributed by atoms with Gasteiger partial charge in [-0.15, -0.1) is 0 Å². The minimum absolute atomic E-state index is 0.0332. The molecule has 1 saturated heterocycles. The summed E-state index contributed by atoms with van der Waals surface area (Å²) in [5.41, 5.74) is 0.269. The van der Waals surface area contributed by atoms with E-state index in [1.54, 1.807) is 17.0 Å². The lowest BCUT2D eigenvalue weighted by Crippen LogP contribution is -2.43. The third kappa shape index (κ3) is 3.58. The molecule has 3 rings (SSSR count). The Hall–Kier alpha value is -1.56. The number of aliphatic hydroxyl groups excluding tert-OH is 1. The first-order chi connectivity index (χ1) is 11.4. The van der Waals surface area contributed by atoms with Crippen molar-refractivity contribution in [2.45, 2.75) is 50.3 Å². The van der Waals surface area contributed by atoms with Crippen LogP contribution in [0.4, 0.5) is 13.2 Å². The number of carbonyl (C=O) groups is 1. The zero-order chi connectivity index (χ0) is 17.3. The van der Waals surface area contributed by atoms with Gasteiger partial charge in [0, 0.05) is 13.1 Å². The van der Waals surface area contributed by atoms with Crippen molar-refractivity contribution in [3.8, 4) is 0 Å². The Labute approximate surface area is 139 Å². The molecule has 1 heterocycles. The normalized spacial score (nSPS) is 25.9. The molecule has 2 aliphatic rings. The van der Waals surface area contributed by atoms with E-state index in [2.05, 4.69) is 0 Å².